The largest absolute Gasteiger partial charge is 0.480 e. The predicted molar refractivity (Wildman–Crippen MR) is 129 cm³/mol. The van der Waals surface area contributed by atoms with Crippen LogP contribution in [0.2, 0.25) is 0 Å². The Hall–Kier alpha value is -3.14. The number of aromatic nitrogens is 3. The van der Waals surface area contributed by atoms with E-state index >= 15 is 0 Å². The Kier molecular flexibility index (Phi) is 7.02. The minimum absolute atomic E-state index is 0.385. The molecule has 0 unspecified atom stereocenters. The lowest BCUT2D eigenvalue weighted by molar-refractivity contribution is -0.137. The summed E-state index contributed by atoms with van der Waals surface area (Å²) in [5.74, 6) is 1.75. The number of nitrogens with zero attached hydrogens (tertiary/aromatic N) is 4. The maximum absolute atomic E-state index is 13.2. The van der Waals surface area contributed by atoms with Gasteiger partial charge in [-0.15, -0.1) is 5.10 Å². The third-order valence-corrected chi connectivity index (χ3v) is 6.56. The molecule has 3 atom stereocenters. The fourth-order valence-electron chi connectivity index (χ4n) is 4.36. The highest BCUT2D eigenvalue weighted by atomic mass is 19.4. The molecule has 0 aliphatic carbocycles. The van der Waals surface area contributed by atoms with Gasteiger partial charge in [0.05, 0.1) is 31.0 Å². The van der Waals surface area contributed by atoms with E-state index in [1.54, 1.807) is 20.1 Å². The van der Waals surface area contributed by atoms with E-state index in [0.717, 1.165) is 36.4 Å². The molecular formula is C25H30F3N5O2. The number of rotatable bonds is 7. The lowest BCUT2D eigenvalue weighted by atomic mass is 9.97. The van der Waals surface area contributed by atoms with E-state index in [2.05, 4.69) is 27.3 Å². The van der Waals surface area contributed by atoms with Gasteiger partial charge >= 0.3 is 6.18 Å². The molecule has 7 nitrogen and oxygen atoms in total. The van der Waals surface area contributed by atoms with Crippen LogP contribution in [0.25, 0.3) is 10.9 Å². The average Bonchev–Trinajstić information content (AvgIpc) is 3.23. The van der Waals surface area contributed by atoms with E-state index in [1.165, 1.54) is 6.07 Å². The number of pyridine rings is 1. The molecule has 1 aromatic carbocycles. The molecule has 1 aliphatic heterocycles. The Morgan fingerprint density at radius 2 is 2.00 bits per heavy atom. The van der Waals surface area contributed by atoms with Gasteiger partial charge in [0.1, 0.15) is 11.2 Å². The third kappa shape index (κ3) is 5.27. The summed E-state index contributed by atoms with van der Waals surface area (Å²) >= 11 is 0. The highest BCUT2D eigenvalue weighted by Gasteiger charge is 2.31. The van der Waals surface area contributed by atoms with Crippen molar-refractivity contribution in [2.45, 2.75) is 33.0 Å². The Balaban J connectivity index is 1.69. The van der Waals surface area contributed by atoms with Crippen LogP contribution in [0.1, 0.15) is 36.7 Å². The van der Waals surface area contributed by atoms with Crippen LogP contribution in [-0.4, -0.2) is 49.1 Å². The molecule has 0 saturated carbocycles. The van der Waals surface area contributed by atoms with Crippen LogP contribution in [0.15, 0.2) is 30.3 Å². The number of methoxy groups -OCH3 is 1. The first-order chi connectivity index (χ1) is 16.6. The molecule has 3 heterocycles. The first-order valence-corrected chi connectivity index (χ1v) is 11.5. The summed E-state index contributed by atoms with van der Waals surface area (Å²) in [6.45, 7) is 8.00. The van der Waals surface area contributed by atoms with Gasteiger partial charge in [-0.05, 0) is 43.5 Å². The monoisotopic (exact) mass is 489 g/mol. The van der Waals surface area contributed by atoms with Crippen LogP contribution in [-0.2, 0) is 10.9 Å². The summed E-state index contributed by atoms with van der Waals surface area (Å²) in [4.78, 5) is 6.80. The number of aryl methyl sites for hydroxylation is 1. The maximum atomic E-state index is 13.2. The number of ether oxygens (including phenoxy) is 2. The molecule has 2 aromatic heterocycles. The summed E-state index contributed by atoms with van der Waals surface area (Å²) in [5.41, 5.74) is 1.84. The van der Waals surface area contributed by atoms with Crippen molar-refractivity contribution < 1.29 is 22.6 Å². The van der Waals surface area contributed by atoms with Crippen LogP contribution in [0.5, 0.6) is 5.88 Å². The SMILES string of the molecule is COc1nc2c(C)nnc(N[C@H](C)c3cccc(C(F)(F)F)c3)c2cc1N(C)C[C@@H]1COC[C@@H]1C. The van der Waals surface area contributed by atoms with Gasteiger partial charge in [-0.3, -0.25) is 0 Å². The summed E-state index contributed by atoms with van der Waals surface area (Å²) in [7, 11) is 3.56. The van der Waals surface area contributed by atoms with Crippen LogP contribution in [0, 0.1) is 18.8 Å². The van der Waals surface area contributed by atoms with Crippen molar-refractivity contribution in [3.8, 4) is 5.88 Å². The second-order valence-corrected chi connectivity index (χ2v) is 9.19. The van der Waals surface area contributed by atoms with Crippen molar-refractivity contribution >= 4 is 22.4 Å². The Labute approximate surface area is 202 Å². The van der Waals surface area contributed by atoms with Crippen molar-refractivity contribution in [2.75, 3.05) is 44.1 Å². The first kappa shape index (κ1) is 25.0. The first-order valence-electron chi connectivity index (χ1n) is 11.5. The average molecular weight is 490 g/mol. The zero-order valence-electron chi connectivity index (χ0n) is 20.5. The van der Waals surface area contributed by atoms with Crippen molar-refractivity contribution in [3.63, 3.8) is 0 Å². The van der Waals surface area contributed by atoms with E-state index < -0.39 is 17.8 Å². The van der Waals surface area contributed by atoms with Crippen molar-refractivity contribution in [1.82, 2.24) is 15.2 Å². The van der Waals surface area contributed by atoms with E-state index in [0.29, 0.717) is 46.9 Å². The zero-order valence-corrected chi connectivity index (χ0v) is 20.5. The number of alkyl halides is 3. The van der Waals surface area contributed by atoms with Crippen molar-refractivity contribution in [1.29, 1.82) is 0 Å². The minimum atomic E-state index is -4.41. The summed E-state index contributed by atoms with van der Waals surface area (Å²) in [5, 5.41) is 12.5. The molecular weight excluding hydrogens is 459 g/mol. The van der Waals surface area contributed by atoms with Gasteiger partial charge in [0.2, 0.25) is 5.88 Å². The molecule has 0 bridgehead atoms. The smallest absolute Gasteiger partial charge is 0.416 e. The van der Waals surface area contributed by atoms with E-state index in [4.69, 9.17) is 14.5 Å². The third-order valence-electron chi connectivity index (χ3n) is 6.56. The number of benzene rings is 1. The standard InChI is InChI=1S/C25H30F3N5O2/c1-14-12-35-13-18(14)11-33(4)21-10-20-22(30-24(21)34-5)16(3)31-32-23(20)29-15(2)17-7-6-8-19(9-17)25(26,27)28/h6-10,14-15,18H,11-13H2,1-5H3,(H,29,32)/t14-,15+,18+/m0/s1. The topological polar surface area (TPSA) is 72.4 Å². The molecule has 0 radical (unpaired) electrons. The molecule has 3 aromatic rings. The number of halogens is 3. The van der Waals surface area contributed by atoms with Crippen molar-refractivity contribution in [3.05, 3.63) is 47.2 Å². The fraction of sp³-hybridized carbons (Fsp3) is 0.480. The van der Waals surface area contributed by atoms with Gasteiger partial charge in [-0.2, -0.15) is 18.3 Å². The molecule has 1 fully saturated rings. The number of fused-ring (bicyclic) bond motifs is 1. The van der Waals surface area contributed by atoms with Gasteiger partial charge in [0.25, 0.3) is 0 Å². The van der Waals surface area contributed by atoms with E-state index in [9.17, 15) is 13.2 Å². The Bertz CT molecular complexity index is 1200. The summed E-state index contributed by atoms with van der Waals surface area (Å²) in [6, 6.07) is 6.77. The Morgan fingerprint density at radius 1 is 1.23 bits per heavy atom. The van der Waals surface area contributed by atoms with Gasteiger partial charge in [-0.1, -0.05) is 19.1 Å². The van der Waals surface area contributed by atoms with Gasteiger partial charge in [-0.25, -0.2) is 4.98 Å². The quantitative estimate of drug-likeness (QED) is 0.486. The molecule has 1 aliphatic rings. The molecule has 10 heteroatoms. The number of hydrogen-bond acceptors (Lipinski definition) is 7. The van der Waals surface area contributed by atoms with Crippen LogP contribution in [0.4, 0.5) is 24.7 Å². The molecule has 0 amide bonds. The lowest BCUT2D eigenvalue weighted by Gasteiger charge is -2.26. The van der Waals surface area contributed by atoms with Crippen LogP contribution in [0.3, 0.4) is 0 Å². The fourth-order valence-corrected chi connectivity index (χ4v) is 4.36. The maximum Gasteiger partial charge on any atom is 0.416 e. The minimum Gasteiger partial charge on any atom is -0.480 e. The molecule has 0 spiro atoms. The van der Waals surface area contributed by atoms with Gasteiger partial charge in [0.15, 0.2) is 5.82 Å². The van der Waals surface area contributed by atoms with E-state index in [1.807, 2.05) is 20.0 Å². The predicted octanol–water partition coefficient (Wildman–Crippen LogP) is 5.25. The van der Waals surface area contributed by atoms with Crippen molar-refractivity contribution in [2.24, 2.45) is 11.8 Å². The number of anilines is 2. The molecule has 4 rings (SSSR count). The number of nitrogens with one attached hydrogen (secondary N) is 1. The highest BCUT2D eigenvalue weighted by molar-refractivity contribution is 5.93. The lowest BCUT2D eigenvalue weighted by Crippen LogP contribution is -2.29. The summed E-state index contributed by atoms with van der Waals surface area (Å²) < 4.78 is 50.8. The Morgan fingerprint density at radius 3 is 2.66 bits per heavy atom. The second kappa shape index (κ2) is 9.85. The normalized spacial score (nSPS) is 19.1. The van der Waals surface area contributed by atoms with Crippen LogP contribution >= 0.6 is 0 Å². The van der Waals surface area contributed by atoms with Crippen LogP contribution < -0.4 is 15.0 Å². The molecule has 35 heavy (non-hydrogen) atoms. The molecule has 1 saturated heterocycles. The molecule has 188 valence electrons. The summed E-state index contributed by atoms with van der Waals surface area (Å²) in [6.07, 6.45) is -4.41. The number of hydrogen-bond donors (Lipinski definition) is 1. The second-order valence-electron chi connectivity index (χ2n) is 9.19. The zero-order chi connectivity index (χ0) is 25.3. The van der Waals surface area contributed by atoms with Gasteiger partial charge in [0, 0.05) is 31.5 Å². The molecule has 1 N–H and O–H groups in total. The van der Waals surface area contributed by atoms with Gasteiger partial charge < -0.3 is 19.7 Å². The highest BCUT2D eigenvalue weighted by Crippen LogP contribution is 2.36. The van der Waals surface area contributed by atoms with E-state index in [-0.39, 0.29) is 0 Å².